The van der Waals surface area contributed by atoms with Crippen molar-refractivity contribution in [2.75, 3.05) is 17.4 Å². The van der Waals surface area contributed by atoms with E-state index in [1.54, 1.807) is 44.2 Å². The summed E-state index contributed by atoms with van der Waals surface area (Å²) in [4.78, 5) is 27.5. The smallest absolute Gasteiger partial charge is 0.264 e. The van der Waals surface area contributed by atoms with Gasteiger partial charge in [0.1, 0.15) is 18.4 Å². The van der Waals surface area contributed by atoms with Crippen LogP contribution in [0, 0.1) is 12.7 Å². The summed E-state index contributed by atoms with van der Waals surface area (Å²) in [6.45, 7) is 4.59. The fourth-order valence-corrected chi connectivity index (χ4v) is 5.29. The Kier molecular flexibility index (Phi) is 9.29. The molecule has 0 aliphatic carbocycles. The lowest BCUT2D eigenvalue weighted by Crippen LogP contribution is -2.51. The summed E-state index contributed by atoms with van der Waals surface area (Å²) in [6.07, 6.45) is 0. The van der Waals surface area contributed by atoms with E-state index in [-0.39, 0.29) is 22.7 Å². The second kappa shape index (κ2) is 12.2. The van der Waals surface area contributed by atoms with E-state index in [0.29, 0.717) is 11.6 Å². The first-order chi connectivity index (χ1) is 17.5. The fourth-order valence-electron chi connectivity index (χ4n) is 3.76. The number of anilines is 1. The van der Waals surface area contributed by atoms with Crippen LogP contribution in [0.3, 0.4) is 0 Å². The molecule has 0 spiro atoms. The highest BCUT2D eigenvalue weighted by Gasteiger charge is 2.32. The molecule has 1 N–H and O–H groups in total. The highest BCUT2D eigenvalue weighted by atomic mass is 35.5. The molecule has 0 bridgehead atoms. The molecule has 0 saturated carbocycles. The van der Waals surface area contributed by atoms with Gasteiger partial charge in [-0.2, -0.15) is 0 Å². The summed E-state index contributed by atoms with van der Waals surface area (Å²) in [5.74, 6) is -1.64. The Morgan fingerprint density at radius 3 is 2.32 bits per heavy atom. The third-order valence-electron chi connectivity index (χ3n) is 5.79. The Balaban J connectivity index is 2.04. The Morgan fingerprint density at radius 1 is 1.03 bits per heavy atom. The molecular formula is C27H29ClFN3O4S. The van der Waals surface area contributed by atoms with Crippen LogP contribution in [0.1, 0.15) is 25.0 Å². The van der Waals surface area contributed by atoms with Gasteiger partial charge in [-0.15, -0.1) is 0 Å². The van der Waals surface area contributed by atoms with Crippen LogP contribution in [0.15, 0.2) is 77.7 Å². The normalized spacial score (nSPS) is 12.0. The van der Waals surface area contributed by atoms with Gasteiger partial charge in [0.25, 0.3) is 10.0 Å². The number of carbonyl (C=O) groups is 2. The number of aryl methyl sites for hydroxylation is 1. The van der Waals surface area contributed by atoms with E-state index in [2.05, 4.69) is 5.32 Å². The molecule has 2 amide bonds. The predicted molar refractivity (Wildman–Crippen MR) is 142 cm³/mol. The van der Waals surface area contributed by atoms with Crippen molar-refractivity contribution >= 4 is 39.1 Å². The molecule has 0 saturated heterocycles. The monoisotopic (exact) mass is 545 g/mol. The molecule has 3 aromatic rings. The number of amides is 2. The second-order valence-corrected chi connectivity index (χ2v) is 10.8. The number of sulfonamides is 1. The van der Waals surface area contributed by atoms with Crippen molar-refractivity contribution in [1.82, 2.24) is 10.2 Å². The minimum atomic E-state index is -4.20. The van der Waals surface area contributed by atoms with E-state index >= 15 is 0 Å². The Bertz CT molecular complexity index is 1370. The maximum atomic E-state index is 14.5. The van der Waals surface area contributed by atoms with Crippen LogP contribution in [-0.4, -0.2) is 44.3 Å². The number of hydrogen-bond acceptors (Lipinski definition) is 4. The number of rotatable bonds is 10. The Hall–Kier alpha value is -3.43. The molecule has 0 radical (unpaired) electrons. The molecular weight excluding hydrogens is 517 g/mol. The fraction of sp³-hybridized carbons (Fsp3) is 0.259. The van der Waals surface area contributed by atoms with Crippen LogP contribution in [-0.2, 0) is 26.2 Å². The van der Waals surface area contributed by atoms with Gasteiger partial charge >= 0.3 is 0 Å². The summed E-state index contributed by atoms with van der Waals surface area (Å²) in [7, 11) is -4.20. The molecule has 196 valence electrons. The van der Waals surface area contributed by atoms with E-state index in [1.807, 2.05) is 0 Å². The van der Waals surface area contributed by atoms with Gasteiger partial charge in [-0.1, -0.05) is 41.9 Å². The van der Waals surface area contributed by atoms with Gasteiger partial charge in [-0.3, -0.25) is 13.9 Å². The van der Waals surface area contributed by atoms with Crippen LogP contribution < -0.4 is 9.62 Å². The van der Waals surface area contributed by atoms with Crippen LogP contribution in [0.5, 0.6) is 0 Å². The number of hydrogen-bond donors (Lipinski definition) is 1. The SMILES string of the molecule is CCNC(=O)C(C)N(Cc1ccccc1F)C(=O)CN(c1cccc(C)c1)S(=O)(=O)c1ccc(Cl)cc1. The number of likely N-dealkylation sites (N-methyl/N-ethyl adjacent to an activating group) is 1. The number of carbonyl (C=O) groups excluding carboxylic acids is 2. The molecule has 1 unspecified atom stereocenters. The van der Waals surface area contributed by atoms with Crippen molar-refractivity contribution in [3.05, 3.63) is 94.8 Å². The molecule has 3 rings (SSSR count). The predicted octanol–water partition coefficient (Wildman–Crippen LogP) is 4.54. The van der Waals surface area contributed by atoms with Gasteiger partial charge in [0.05, 0.1) is 10.6 Å². The zero-order valence-electron chi connectivity index (χ0n) is 20.8. The Labute approximate surface area is 221 Å². The van der Waals surface area contributed by atoms with E-state index in [1.165, 1.54) is 54.3 Å². The van der Waals surface area contributed by atoms with E-state index in [9.17, 15) is 22.4 Å². The van der Waals surface area contributed by atoms with Gasteiger partial charge in [0.15, 0.2) is 0 Å². The van der Waals surface area contributed by atoms with E-state index in [4.69, 9.17) is 11.6 Å². The lowest BCUT2D eigenvalue weighted by molar-refractivity contribution is -0.139. The molecule has 0 fully saturated rings. The van der Waals surface area contributed by atoms with Crippen molar-refractivity contribution in [3.8, 4) is 0 Å². The van der Waals surface area contributed by atoms with Crippen molar-refractivity contribution in [2.45, 2.75) is 38.3 Å². The minimum absolute atomic E-state index is 0.0522. The molecule has 0 aromatic heterocycles. The van der Waals surface area contributed by atoms with Crippen LogP contribution in [0.25, 0.3) is 0 Å². The molecule has 37 heavy (non-hydrogen) atoms. The molecule has 3 aromatic carbocycles. The van der Waals surface area contributed by atoms with Crippen molar-refractivity contribution in [2.24, 2.45) is 0 Å². The van der Waals surface area contributed by atoms with Crippen molar-refractivity contribution in [1.29, 1.82) is 0 Å². The summed E-state index contributed by atoms with van der Waals surface area (Å²) >= 11 is 5.95. The highest BCUT2D eigenvalue weighted by Crippen LogP contribution is 2.26. The van der Waals surface area contributed by atoms with Gasteiger partial charge < -0.3 is 10.2 Å². The third kappa shape index (κ3) is 6.87. The van der Waals surface area contributed by atoms with Gasteiger partial charge in [-0.25, -0.2) is 12.8 Å². The second-order valence-electron chi connectivity index (χ2n) is 8.49. The third-order valence-corrected chi connectivity index (χ3v) is 7.83. The number of nitrogens with zero attached hydrogens (tertiary/aromatic N) is 2. The first kappa shape index (κ1) is 28.1. The summed E-state index contributed by atoms with van der Waals surface area (Å²) in [6, 6.07) is 17.3. The van der Waals surface area contributed by atoms with Crippen molar-refractivity contribution < 1.29 is 22.4 Å². The summed E-state index contributed by atoms with van der Waals surface area (Å²) in [5, 5.41) is 3.03. The van der Waals surface area contributed by atoms with Crippen LogP contribution in [0.2, 0.25) is 5.02 Å². The lowest BCUT2D eigenvalue weighted by Gasteiger charge is -2.32. The maximum Gasteiger partial charge on any atom is 0.264 e. The minimum Gasteiger partial charge on any atom is -0.355 e. The van der Waals surface area contributed by atoms with Gasteiger partial charge in [-0.05, 0) is 68.8 Å². The Morgan fingerprint density at radius 2 is 1.70 bits per heavy atom. The lowest BCUT2D eigenvalue weighted by atomic mass is 10.1. The largest absolute Gasteiger partial charge is 0.355 e. The summed E-state index contributed by atoms with van der Waals surface area (Å²) in [5.41, 5.74) is 1.27. The highest BCUT2D eigenvalue weighted by molar-refractivity contribution is 7.92. The number of nitrogens with one attached hydrogen (secondary N) is 1. The van der Waals surface area contributed by atoms with Crippen LogP contribution in [0.4, 0.5) is 10.1 Å². The average molecular weight is 546 g/mol. The van der Waals surface area contributed by atoms with Crippen LogP contribution >= 0.6 is 11.6 Å². The summed E-state index contributed by atoms with van der Waals surface area (Å²) < 4.78 is 42.9. The molecule has 10 heteroatoms. The zero-order chi connectivity index (χ0) is 27.2. The zero-order valence-corrected chi connectivity index (χ0v) is 22.4. The topological polar surface area (TPSA) is 86.8 Å². The van der Waals surface area contributed by atoms with E-state index in [0.717, 1.165) is 9.87 Å². The molecule has 0 aliphatic heterocycles. The quantitative estimate of drug-likeness (QED) is 0.405. The number of benzene rings is 3. The molecule has 0 aliphatic rings. The first-order valence-electron chi connectivity index (χ1n) is 11.7. The average Bonchev–Trinajstić information content (AvgIpc) is 2.86. The first-order valence-corrected chi connectivity index (χ1v) is 13.5. The molecule has 7 nitrogen and oxygen atoms in total. The standard InChI is InChI=1S/C27H29ClFN3O4S/c1-4-30-27(34)20(3)31(17-21-9-5-6-11-25(21)29)26(33)18-32(23-10-7-8-19(2)16-23)37(35,36)24-14-12-22(28)13-15-24/h5-16,20H,4,17-18H2,1-3H3,(H,30,34). The molecule has 1 atom stereocenters. The van der Waals surface area contributed by atoms with Crippen molar-refractivity contribution in [3.63, 3.8) is 0 Å². The molecule has 0 heterocycles. The van der Waals surface area contributed by atoms with Gasteiger partial charge in [0.2, 0.25) is 11.8 Å². The number of halogens is 2. The maximum absolute atomic E-state index is 14.5. The van der Waals surface area contributed by atoms with E-state index < -0.39 is 40.2 Å². The van der Waals surface area contributed by atoms with Gasteiger partial charge in [0, 0.05) is 23.7 Å².